The molecule has 1 atom stereocenters. The first-order chi connectivity index (χ1) is 10.2. The Morgan fingerprint density at radius 3 is 1.76 bits per heavy atom. The van der Waals surface area contributed by atoms with Gasteiger partial charge in [0.05, 0.1) is 18.2 Å². The smallest absolute Gasteiger partial charge is 0.0962 e. The molecule has 0 aliphatic carbocycles. The standard InChI is InChI=1S/C19H22N2/c1-15(2)13-18(14-20)21-19(16-9-5-3-6-10-16)17-11-7-4-8-12-17/h3-12,15,18-19,21H,13H2,1-2H3. The Bertz CT molecular complexity index is 530. The first kappa shape index (κ1) is 15.3. The van der Waals surface area contributed by atoms with E-state index in [-0.39, 0.29) is 12.1 Å². The molecule has 0 bridgehead atoms. The van der Waals surface area contributed by atoms with Crippen molar-refractivity contribution in [3.63, 3.8) is 0 Å². The second-order valence-electron chi connectivity index (χ2n) is 5.73. The molecule has 0 saturated heterocycles. The molecule has 0 spiro atoms. The van der Waals surface area contributed by atoms with E-state index in [9.17, 15) is 5.26 Å². The van der Waals surface area contributed by atoms with Gasteiger partial charge in [-0.25, -0.2) is 0 Å². The zero-order valence-corrected chi connectivity index (χ0v) is 12.7. The molecule has 0 saturated carbocycles. The van der Waals surface area contributed by atoms with Crippen LogP contribution in [0.15, 0.2) is 60.7 Å². The van der Waals surface area contributed by atoms with Crippen molar-refractivity contribution in [3.05, 3.63) is 71.8 Å². The minimum absolute atomic E-state index is 0.0517. The van der Waals surface area contributed by atoms with E-state index in [0.29, 0.717) is 5.92 Å². The Morgan fingerprint density at radius 1 is 0.905 bits per heavy atom. The molecule has 0 aromatic heterocycles. The predicted molar refractivity (Wildman–Crippen MR) is 86.7 cm³/mol. The summed E-state index contributed by atoms with van der Waals surface area (Å²) < 4.78 is 0. The highest BCUT2D eigenvalue weighted by atomic mass is 15.0. The molecule has 2 aromatic carbocycles. The van der Waals surface area contributed by atoms with Crippen LogP contribution in [0.25, 0.3) is 0 Å². The van der Waals surface area contributed by atoms with Gasteiger partial charge in [0.25, 0.3) is 0 Å². The van der Waals surface area contributed by atoms with Gasteiger partial charge in [-0.05, 0) is 23.5 Å². The summed E-state index contributed by atoms with van der Waals surface area (Å²) in [5.74, 6) is 0.495. The van der Waals surface area contributed by atoms with Crippen LogP contribution < -0.4 is 5.32 Å². The molecule has 0 aliphatic heterocycles. The molecular weight excluding hydrogens is 256 g/mol. The maximum absolute atomic E-state index is 9.41. The monoisotopic (exact) mass is 278 g/mol. The predicted octanol–water partition coefficient (Wildman–Crippen LogP) is 4.30. The van der Waals surface area contributed by atoms with Crippen molar-refractivity contribution in [2.45, 2.75) is 32.4 Å². The van der Waals surface area contributed by atoms with Crippen LogP contribution in [-0.4, -0.2) is 6.04 Å². The van der Waals surface area contributed by atoms with Crippen molar-refractivity contribution in [1.82, 2.24) is 5.32 Å². The lowest BCUT2D eigenvalue weighted by molar-refractivity contribution is 0.452. The van der Waals surface area contributed by atoms with Crippen molar-refractivity contribution in [2.75, 3.05) is 0 Å². The Morgan fingerprint density at radius 2 is 1.38 bits per heavy atom. The molecule has 108 valence electrons. The molecule has 1 N–H and O–H groups in total. The Hall–Kier alpha value is -2.11. The Labute approximate surface area is 127 Å². The maximum atomic E-state index is 9.41. The van der Waals surface area contributed by atoms with E-state index in [2.05, 4.69) is 49.5 Å². The van der Waals surface area contributed by atoms with E-state index in [1.807, 2.05) is 36.4 Å². The van der Waals surface area contributed by atoms with E-state index in [1.54, 1.807) is 0 Å². The highest BCUT2D eigenvalue weighted by Gasteiger charge is 2.19. The molecule has 2 rings (SSSR count). The highest BCUT2D eigenvalue weighted by molar-refractivity contribution is 5.32. The second-order valence-corrected chi connectivity index (χ2v) is 5.73. The van der Waals surface area contributed by atoms with Gasteiger partial charge < -0.3 is 0 Å². The van der Waals surface area contributed by atoms with E-state index in [1.165, 1.54) is 11.1 Å². The summed E-state index contributed by atoms with van der Waals surface area (Å²) >= 11 is 0. The summed E-state index contributed by atoms with van der Waals surface area (Å²) in [7, 11) is 0. The number of nitrogens with zero attached hydrogens (tertiary/aromatic N) is 1. The first-order valence-corrected chi connectivity index (χ1v) is 7.46. The van der Waals surface area contributed by atoms with Crippen molar-refractivity contribution in [2.24, 2.45) is 5.92 Å². The zero-order valence-electron chi connectivity index (χ0n) is 12.7. The van der Waals surface area contributed by atoms with Gasteiger partial charge in [-0.1, -0.05) is 74.5 Å². The summed E-state index contributed by atoms with van der Waals surface area (Å²) in [6.07, 6.45) is 0.854. The summed E-state index contributed by atoms with van der Waals surface area (Å²) in [6.45, 7) is 4.29. The second kappa shape index (κ2) is 7.61. The molecular formula is C19H22N2. The lowest BCUT2D eigenvalue weighted by atomic mass is 9.96. The highest BCUT2D eigenvalue weighted by Crippen LogP contribution is 2.23. The van der Waals surface area contributed by atoms with E-state index >= 15 is 0 Å². The van der Waals surface area contributed by atoms with Crippen LogP contribution in [0.3, 0.4) is 0 Å². The largest absolute Gasteiger partial charge is 0.291 e. The minimum Gasteiger partial charge on any atom is -0.291 e. The minimum atomic E-state index is -0.143. The van der Waals surface area contributed by atoms with Crippen LogP contribution in [0.1, 0.15) is 37.4 Å². The van der Waals surface area contributed by atoms with Gasteiger partial charge in [-0.3, -0.25) is 5.32 Å². The molecule has 0 radical (unpaired) electrons. The third-order valence-corrected chi connectivity index (χ3v) is 3.50. The van der Waals surface area contributed by atoms with Gasteiger partial charge in [0.2, 0.25) is 0 Å². The third-order valence-electron chi connectivity index (χ3n) is 3.50. The van der Waals surface area contributed by atoms with Gasteiger partial charge in [0, 0.05) is 0 Å². The number of hydrogen-bond acceptors (Lipinski definition) is 2. The lowest BCUT2D eigenvalue weighted by Crippen LogP contribution is -2.33. The molecule has 2 aromatic rings. The maximum Gasteiger partial charge on any atom is 0.0962 e. The fourth-order valence-electron chi connectivity index (χ4n) is 2.51. The summed E-state index contributed by atoms with van der Waals surface area (Å²) in [6, 6.07) is 22.9. The normalized spacial score (nSPS) is 12.3. The Balaban J connectivity index is 2.27. The number of nitriles is 1. The number of benzene rings is 2. The third kappa shape index (κ3) is 4.44. The van der Waals surface area contributed by atoms with E-state index in [4.69, 9.17) is 0 Å². The summed E-state index contributed by atoms with van der Waals surface area (Å²) in [5, 5.41) is 12.9. The molecule has 0 heterocycles. The van der Waals surface area contributed by atoms with Crippen LogP contribution in [-0.2, 0) is 0 Å². The van der Waals surface area contributed by atoms with E-state index < -0.39 is 0 Å². The summed E-state index contributed by atoms with van der Waals surface area (Å²) in [5.41, 5.74) is 2.38. The fourth-order valence-corrected chi connectivity index (χ4v) is 2.51. The van der Waals surface area contributed by atoms with Gasteiger partial charge in [-0.15, -0.1) is 0 Å². The first-order valence-electron chi connectivity index (χ1n) is 7.46. The average molecular weight is 278 g/mol. The Kier molecular flexibility index (Phi) is 5.54. The van der Waals surface area contributed by atoms with Crippen LogP contribution in [0.5, 0.6) is 0 Å². The van der Waals surface area contributed by atoms with Gasteiger partial charge in [-0.2, -0.15) is 5.26 Å². The quantitative estimate of drug-likeness (QED) is 0.855. The average Bonchev–Trinajstić information content (AvgIpc) is 2.52. The molecule has 1 unspecified atom stereocenters. The molecule has 0 fully saturated rings. The van der Waals surface area contributed by atoms with Crippen molar-refractivity contribution in [1.29, 1.82) is 5.26 Å². The van der Waals surface area contributed by atoms with Gasteiger partial charge >= 0.3 is 0 Å². The SMILES string of the molecule is CC(C)CC(C#N)NC(c1ccccc1)c1ccccc1. The molecule has 0 amide bonds. The van der Waals surface area contributed by atoms with Crippen LogP contribution in [0, 0.1) is 17.2 Å². The topological polar surface area (TPSA) is 35.8 Å². The molecule has 2 heteroatoms. The molecule has 0 aliphatic rings. The van der Waals surface area contributed by atoms with Crippen molar-refractivity contribution >= 4 is 0 Å². The lowest BCUT2D eigenvalue weighted by Gasteiger charge is -2.24. The van der Waals surface area contributed by atoms with Crippen molar-refractivity contribution in [3.8, 4) is 6.07 Å². The van der Waals surface area contributed by atoms with Gasteiger partial charge in [0.15, 0.2) is 0 Å². The van der Waals surface area contributed by atoms with Crippen LogP contribution in [0.4, 0.5) is 0 Å². The molecule has 21 heavy (non-hydrogen) atoms. The number of nitrogens with one attached hydrogen (secondary N) is 1. The van der Waals surface area contributed by atoms with Crippen molar-refractivity contribution < 1.29 is 0 Å². The fraction of sp³-hybridized carbons (Fsp3) is 0.316. The number of rotatable bonds is 6. The zero-order chi connectivity index (χ0) is 15.1. The van der Waals surface area contributed by atoms with E-state index in [0.717, 1.165) is 6.42 Å². The van der Waals surface area contributed by atoms with Crippen LogP contribution >= 0.6 is 0 Å². The summed E-state index contributed by atoms with van der Waals surface area (Å²) in [4.78, 5) is 0. The van der Waals surface area contributed by atoms with Crippen LogP contribution in [0.2, 0.25) is 0 Å². The molecule has 2 nitrogen and oxygen atoms in total. The van der Waals surface area contributed by atoms with Gasteiger partial charge in [0.1, 0.15) is 0 Å². The number of hydrogen-bond donors (Lipinski definition) is 1.